The minimum Gasteiger partial charge on any atom is -0.347 e. The Morgan fingerprint density at radius 3 is 2.50 bits per heavy atom. The molecule has 0 aliphatic carbocycles. The molecule has 0 aliphatic rings. The number of nitrogens with one attached hydrogen (secondary N) is 1. The average Bonchev–Trinajstić information content (AvgIpc) is 2.77. The van der Waals surface area contributed by atoms with Crippen LogP contribution in [-0.2, 0) is 0 Å². The lowest BCUT2D eigenvalue weighted by Crippen LogP contribution is -2.40. The van der Waals surface area contributed by atoms with Crippen molar-refractivity contribution in [2.75, 3.05) is 0 Å². The molecule has 1 amide bonds. The van der Waals surface area contributed by atoms with Gasteiger partial charge in [-0.05, 0) is 32.9 Å². The molecule has 1 N–H and O–H groups in total. The molecular formula is C14H17N3O. The molecule has 0 radical (unpaired) electrons. The van der Waals surface area contributed by atoms with E-state index in [2.05, 4.69) is 10.4 Å². The van der Waals surface area contributed by atoms with Crippen molar-refractivity contribution in [2.45, 2.75) is 26.3 Å². The molecule has 0 aliphatic heterocycles. The summed E-state index contributed by atoms with van der Waals surface area (Å²) < 4.78 is 1.69. The molecule has 0 unspecified atom stereocenters. The van der Waals surface area contributed by atoms with E-state index >= 15 is 0 Å². The van der Waals surface area contributed by atoms with E-state index in [-0.39, 0.29) is 11.4 Å². The summed E-state index contributed by atoms with van der Waals surface area (Å²) in [5.74, 6) is -0.107. The lowest BCUT2D eigenvalue weighted by atomic mass is 10.1. The number of rotatable bonds is 2. The van der Waals surface area contributed by atoms with Crippen LogP contribution in [0.5, 0.6) is 0 Å². The van der Waals surface area contributed by atoms with Gasteiger partial charge in [0, 0.05) is 11.7 Å². The van der Waals surface area contributed by atoms with Gasteiger partial charge in [-0.25, -0.2) is 4.68 Å². The van der Waals surface area contributed by atoms with Crippen molar-refractivity contribution in [3.63, 3.8) is 0 Å². The van der Waals surface area contributed by atoms with E-state index in [0.29, 0.717) is 5.56 Å². The van der Waals surface area contributed by atoms with Crippen LogP contribution in [0.25, 0.3) is 5.69 Å². The van der Waals surface area contributed by atoms with Gasteiger partial charge >= 0.3 is 0 Å². The topological polar surface area (TPSA) is 46.9 Å². The van der Waals surface area contributed by atoms with E-state index < -0.39 is 0 Å². The monoisotopic (exact) mass is 243 g/mol. The van der Waals surface area contributed by atoms with Gasteiger partial charge in [0.2, 0.25) is 0 Å². The maximum atomic E-state index is 11.9. The van der Waals surface area contributed by atoms with Crippen LogP contribution < -0.4 is 5.32 Å². The highest BCUT2D eigenvalue weighted by Crippen LogP contribution is 2.09. The van der Waals surface area contributed by atoms with Gasteiger partial charge in [0.25, 0.3) is 5.91 Å². The van der Waals surface area contributed by atoms with E-state index in [1.54, 1.807) is 17.1 Å². The Morgan fingerprint density at radius 1 is 1.22 bits per heavy atom. The van der Waals surface area contributed by atoms with Crippen molar-refractivity contribution in [2.24, 2.45) is 0 Å². The largest absolute Gasteiger partial charge is 0.347 e. The van der Waals surface area contributed by atoms with Crippen molar-refractivity contribution >= 4 is 5.91 Å². The quantitative estimate of drug-likeness (QED) is 0.880. The first kappa shape index (κ1) is 12.4. The van der Waals surface area contributed by atoms with Crippen LogP contribution in [0, 0.1) is 0 Å². The van der Waals surface area contributed by atoms with Gasteiger partial charge in [0.1, 0.15) is 0 Å². The Balaban J connectivity index is 2.19. The third kappa shape index (κ3) is 2.97. The molecule has 94 valence electrons. The first-order chi connectivity index (χ1) is 8.46. The molecule has 0 fully saturated rings. The van der Waals surface area contributed by atoms with E-state index in [1.165, 1.54) is 0 Å². The van der Waals surface area contributed by atoms with E-state index in [9.17, 15) is 4.79 Å². The van der Waals surface area contributed by atoms with Gasteiger partial charge in [-0.1, -0.05) is 18.2 Å². The Bertz CT molecular complexity index is 538. The number of carbonyl (C=O) groups excluding carboxylic acids is 1. The highest BCUT2D eigenvalue weighted by atomic mass is 16.1. The van der Waals surface area contributed by atoms with E-state index in [1.807, 2.05) is 51.1 Å². The van der Waals surface area contributed by atoms with Crippen molar-refractivity contribution in [3.8, 4) is 5.69 Å². The first-order valence-electron chi connectivity index (χ1n) is 5.88. The summed E-state index contributed by atoms with van der Waals surface area (Å²) in [6.07, 6.45) is 3.31. The highest BCUT2D eigenvalue weighted by Gasteiger charge is 2.16. The SMILES string of the molecule is CC(C)(C)NC(=O)c1cnn(-c2ccccc2)c1. The Labute approximate surface area is 107 Å². The van der Waals surface area contributed by atoms with Crippen molar-refractivity contribution in [1.29, 1.82) is 0 Å². The zero-order valence-corrected chi connectivity index (χ0v) is 10.8. The summed E-state index contributed by atoms with van der Waals surface area (Å²) in [6, 6.07) is 9.70. The van der Waals surface area contributed by atoms with E-state index in [0.717, 1.165) is 5.69 Å². The predicted octanol–water partition coefficient (Wildman–Crippen LogP) is 2.40. The third-order valence-electron chi connectivity index (χ3n) is 2.35. The molecule has 0 saturated heterocycles. The van der Waals surface area contributed by atoms with Gasteiger partial charge in [-0.2, -0.15) is 5.10 Å². The molecule has 0 atom stereocenters. The van der Waals surface area contributed by atoms with Crippen molar-refractivity contribution in [1.82, 2.24) is 15.1 Å². The zero-order valence-electron chi connectivity index (χ0n) is 10.8. The van der Waals surface area contributed by atoms with Crippen LogP contribution in [0.1, 0.15) is 31.1 Å². The smallest absolute Gasteiger partial charge is 0.254 e. The number of hydrogen-bond acceptors (Lipinski definition) is 2. The molecule has 0 bridgehead atoms. The van der Waals surface area contributed by atoms with Gasteiger partial charge < -0.3 is 5.32 Å². The summed E-state index contributed by atoms with van der Waals surface area (Å²) in [5, 5.41) is 7.10. The van der Waals surface area contributed by atoms with Crippen LogP contribution in [-0.4, -0.2) is 21.2 Å². The zero-order chi connectivity index (χ0) is 13.2. The van der Waals surface area contributed by atoms with Crippen LogP contribution >= 0.6 is 0 Å². The fraction of sp³-hybridized carbons (Fsp3) is 0.286. The molecule has 1 heterocycles. The molecule has 4 heteroatoms. The number of carbonyl (C=O) groups is 1. The fourth-order valence-electron chi connectivity index (χ4n) is 1.57. The maximum Gasteiger partial charge on any atom is 0.254 e. The maximum absolute atomic E-state index is 11.9. The second kappa shape index (κ2) is 4.64. The van der Waals surface area contributed by atoms with Gasteiger partial charge in [0.05, 0.1) is 17.4 Å². The lowest BCUT2D eigenvalue weighted by molar-refractivity contribution is 0.0919. The predicted molar refractivity (Wildman–Crippen MR) is 70.8 cm³/mol. The van der Waals surface area contributed by atoms with Gasteiger partial charge in [-0.3, -0.25) is 4.79 Å². The van der Waals surface area contributed by atoms with Crippen LogP contribution in [0.3, 0.4) is 0 Å². The summed E-state index contributed by atoms with van der Waals surface area (Å²) in [6.45, 7) is 5.85. The van der Waals surface area contributed by atoms with Gasteiger partial charge in [0.15, 0.2) is 0 Å². The minimum absolute atomic E-state index is 0.107. The summed E-state index contributed by atoms with van der Waals surface area (Å²) in [4.78, 5) is 11.9. The average molecular weight is 243 g/mol. The number of para-hydroxylation sites is 1. The summed E-state index contributed by atoms with van der Waals surface area (Å²) in [5.41, 5.74) is 1.26. The molecule has 0 spiro atoms. The highest BCUT2D eigenvalue weighted by molar-refractivity contribution is 5.94. The standard InChI is InChI=1S/C14H17N3O/c1-14(2,3)16-13(18)11-9-15-17(10-11)12-7-5-4-6-8-12/h4-10H,1-3H3,(H,16,18). The molecule has 2 rings (SSSR count). The lowest BCUT2D eigenvalue weighted by Gasteiger charge is -2.19. The Kier molecular flexibility index (Phi) is 3.19. The molecule has 1 aromatic carbocycles. The van der Waals surface area contributed by atoms with E-state index in [4.69, 9.17) is 0 Å². The van der Waals surface area contributed by atoms with Gasteiger partial charge in [-0.15, -0.1) is 0 Å². The number of nitrogens with zero attached hydrogens (tertiary/aromatic N) is 2. The fourth-order valence-corrected chi connectivity index (χ4v) is 1.57. The first-order valence-corrected chi connectivity index (χ1v) is 5.88. The number of hydrogen-bond donors (Lipinski definition) is 1. The van der Waals surface area contributed by atoms with Crippen molar-refractivity contribution < 1.29 is 4.79 Å². The normalized spacial score (nSPS) is 11.3. The third-order valence-corrected chi connectivity index (χ3v) is 2.35. The molecule has 1 aromatic heterocycles. The number of aromatic nitrogens is 2. The van der Waals surface area contributed by atoms with Crippen LogP contribution in [0.4, 0.5) is 0 Å². The van der Waals surface area contributed by atoms with Crippen molar-refractivity contribution in [3.05, 3.63) is 48.3 Å². The van der Waals surface area contributed by atoms with Crippen LogP contribution in [0.2, 0.25) is 0 Å². The molecule has 0 saturated carbocycles. The summed E-state index contributed by atoms with van der Waals surface area (Å²) >= 11 is 0. The molecule has 18 heavy (non-hydrogen) atoms. The minimum atomic E-state index is -0.244. The molecule has 4 nitrogen and oxygen atoms in total. The number of benzene rings is 1. The Hall–Kier alpha value is -2.10. The number of amides is 1. The second-order valence-electron chi connectivity index (χ2n) is 5.21. The van der Waals surface area contributed by atoms with Crippen LogP contribution in [0.15, 0.2) is 42.7 Å². The Morgan fingerprint density at radius 2 is 1.89 bits per heavy atom. The second-order valence-corrected chi connectivity index (χ2v) is 5.21. The molecular weight excluding hydrogens is 226 g/mol. The summed E-state index contributed by atoms with van der Waals surface area (Å²) in [7, 11) is 0. The molecule has 2 aromatic rings.